The summed E-state index contributed by atoms with van der Waals surface area (Å²) in [4.78, 5) is 0. The summed E-state index contributed by atoms with van der Waals surface area (Å²) in [5.41, 5.74) is 5.97. The average Bonchev–Trinajstić information content (AvgIpc) is 2.24. The lowest BCUT2D eigenvalue weighted by atomic mass is 9.80. The maximum atomic E-state index is 9.13. The Hall–Kier alpha value is -0.550. The summed E-state index contributed by atoms with van der Waals surface area (Å²) in [5.74, 6) is 0.646. The molecule has 2 N–H and O–H groups in total. The van der Waals surface area contributed by atoms with Crippen molar-refractivity contribution in [2.45, 2.75) is 44.6 Å². The van der Waals surface area contributed by atoms with Gasteiger partial charge in [0.05, 0.1) is 11.5 Å². The molecule has 3 unspecified atom stereocenters. The van der Waals surface area contributed by atoms with E-state index in [0.717, 1.165) is 12.8 Å². The minimum Gasteiger partial charge on any atom is -0.326 e. The van der Waals surface area contributed by atoms with Crippen LogP contribution >= 0.6 is 0 Å². The SMILES string of the molecule is N#CC12CCCCC(CC1)C2N. The predicted octanol–water partition coefficient (Wildman–Crippen LogP) is 1.81. The summed E-state index contributed by atoms with van der Waals surface area (Å²) in [6.45, 7) is 0. The van der Waals surface area contributed by atoms with E-state index in [0.29, 0.717) is 5.92 Å². The first-order chi connectivity index (χ1) is 5.78. The highest BCUT2D eigenvalue weighted by atomic mass is 14.8. The molecule has 0 aromatic heterocycles. The topological polar surface area (TPSA) is 49.8 Å². The molecule has 0 amide bonds. The second-order valence-corrected chi connectivity index (χ2v) is 4.34. The second-order valence-electron chi connectivity index (χ2n) is 4.34. The standard InChI is InChI=1S/C10H16N2/c11-7-10-5-2-1-3-8(4-6-10)9(10)12/h8-9H,1-6,12H2. The zero-order valence-corrected chi connectivity index (χ0v) is 7.42. The molecule has 2 saturated carbocycles. The van der Waals surface area contributed by atoms with E-state index in [1.165, 1.54) is 25.7 Å². The Morgan fingerprint density at radius 3 is 2.83 bits per heavy atom. The highest BCUT2D eigenvalue weighted by Crippen LogP contribution is 2.48. The third-order valence-corrected chi connectivity index (χ3v) is 3.78. The number of rotatable bonds is 0. The van der Waals surface area contributed by atoms with E-state index in [4.69, 9.17) is 11.0 Å². The summed E-state index contributed by atoms with van der Waals surface area (Å²) in [5, 5.41) is 9.13. The maximum absolute atomic E-state index is 9.13. The molecular weight excluding hydrogens is 148 g/mol. The van der Waals surface area contributed by atoms with Crippen LogP contribution in [0.2, 0.25) is 0 Å². The summed E-state index contributed by atoms with van der Waals surface area (Å²) in [6, 6.07) is 2.64. The molecule has 0 heterocycles. The first kappa shape index (κ1) is 8.07. The van der Waals surface area contributed by atoms with Crippen molar-refractivity contribution in [3.05, 3.63) is 0 Å². The van der Waals surface area contributed by atoms with Crippen LogP contribution in [-0.2, 0) is 0 Å². The number of nitriles is 1. The van der Waals surface area contributed by atoms with Crippen LogP contribution in [0.1, 0.15) is 38.5 Å². The fraction of sp³-hybridized carbons (Fsp3) is 0.900. The molecule has 0 aromatic rings. The van der Waals surface area contributed by atoms with E-state index in [-0.39, 0.29) is 11.5 Å². The van der Waals surface area contributed by atoms with Crippen molar-refractivity contribution in [3.8, 4) is 6.07 Å². The molecule has 2 nitrogen and oxygen atoms in total. The van der Waals surface area contributed by atoms with Gasteiger partial charge in [0.1, 0.15) is 0 Å². The minimum absolute atomic E-state index is 0.138. The maximum Gasteiger partial charge on any atom is 0.0727 e. The lowest BCUT2D eigenvalue weighted by Crippen LogP contribution is -2.38. The third-order valence-electron chi connectivity index (χ3n) is 3.78. The molecular formula is C10H16N2. The Kier molecular flexibility index (Phi) is 1.84. The van der Waals surface area contributed by atoms with Crippen molar-refractivity contribution in [1.29, 1.82) is 5.26 Å². The quantitative estimate of drug-likeness (QED) is 0.593. The van der Waals surface area contributed by atoms with Crippen LogP contribution in [-0.4, -0.2) is 6.04 Å². The molecule has 2 aliphatic rings. The van der Waals surface area contributed by atoms with Gasteiger partial charge in [-0.3, -0.25) is 0 Å². The monoisotopic (exact) mass is 164 g/mol. The zero-order chi connectivity index (χ0) is 8.60. The Labute approximate surface area is 73.7 Å². The molecule has 3 atom stereocenters. The zero-order valence-electron chi connectivity index (χ0n) is 7.42. The van der Waals surface area contributed by atoms with Gasteiger partial charge in [-0.25, -0.2) is 0 Å². The van der Waals surface area contributed by atoms with Gasteiger partial charge in [-0.2, -0.15) is 5.26 Å². The van der Waals surface area contributed by atoms with Gasteiger partial charge in [-0.15, -0.1) is 0 Å². The van der Waals surface area contributed by atoms with Gasteiger partial charge >= 0.3 is 0 Å². The van der Waals surface area contributed by atoms with Crippen LogP contribution in [0.5, 0.6) is 0 Å². The molecule has 0 aromatic carbocycles. The molecule has 0 radical (unpaired) electrons. The van der Waals surface area contributed by atoms with Crippen LogP contribution < -0.4 is 5.73 Å². The number of hydrogen-bond acceptors (Lipinski definition) is 2. The van der Waals surface area contributed by atoms with E-state index < -0.39 is 0 Å². The molecule has 66 valence electrons. The number of nitrogens with zero attached hydrogens (tertiary/aromatic N) is 1. The van der Waals surface area contributed by atoms with Crippen LogP contribution in [0.15, 0.2) is 0 Å². The highest BCUT2D eigenvalue weighted by Gasteiger charge is 2.47. The van der Waals surface area contributed by atoms with Crippen LogP contribution in [0.25, 0.3) is 0 Å². The molecule has 2 rings (SSSR count). The average molecular weight is 164 g/mol. The molecule has 0 aliphatic heterocycles. The van der Waals surface area contributed by atoms with Crippen LogP contribution in [0, 0.1) is 22.7 Å². The van der Waals surface area contributed by atoms with Crippen molar-refractivity contribution in [2.24, 2.45) is 17.1 Å². The van der Waals surface area contributed by atoms with Gasteiger partial charge in [-0.05, 0) is 31.6 Å². The fourth-order valence-corrected chi connectivity index (χ4v) is 2.89. The van der Waals surface area contributed by atoms with E-state index in [1.54, 1.807) is 0 Å². The normalized spacial score (nSPS) is 46.7. The number of hydrogen-bond donors (Lipinski definition) is 1. The smallest absolute Gasteiger partial charge is 0.0727 e. The van der Waals surface area contributed by atoms with Gasteiger partial charge in [-0.1, -0.05) is 12.8 Å². The van der Waals surface area contributed by atoms with Crippen molar-refractivity contribution in [1.82, 2.24) is 0 Å². The van der Waals surface area contributed by atoms with Gasteiger partial charge in [0.15, 0.2) is 0 Å². The summed E-state index contributed by atoms with van der Waals surface area (Å²) >= 11 is 0. The van der Waals surface area contributed by atoms with E-state index in [2.05, 4.69) is 6.07 Å². The molecule has 2 aliphatic carbocycles. The lowest BCUT2D eigenvalue weighted by molar-refractivity contribution is 0.320. The molecule has 0 saturated heterocycles. The third kappa shape index (κ3) is 0.964. The molecule has 0 spiro atoms. The van der Waals surface area contributed by atoms with Crippen LogP contribution in [0.3, 0.4) is 0 Å². The van der Waals surface area contributed by atoms with Crippen molar-refractivity contribution in [3.63, 3.8) is 0 Å². The van der Waals surface area contributed by atoms with E-state index in [9.17, 15) is 0 Å². The van der Waals surface area contributed by atoms with Gasteiger partial charge in [0.25, 0.3) is 0 Å². The Morgan fingerprint density at radius 1 is 1.25 bits per heavy atom. The van der Waals surface area contributed by atoms with Gasteiger partial charge in [0, 0.05) is 6.04 Å². The molecule has 2 fully saturated rings. The van der Waals surface area contributed by atoms with Crippen molar-refractivity contribution >= 4 is 0 Å². The van der Waals surface area contributed by atoms with Crippen molar-refractivity contribution in [2.75, 3.05) is 0 Å². The summed E-state index contributed by atoms with van der Waals surface area (Å²) in [7, 11) is 0. The first-order valence-corrected chi connectivity index (χ1v) is 4.95. The predicted molar refractivity (Wildman–Crippen MR) is 47.2 cm³/mol. The Morgan fingerprint density at radius 2 is 2.08 bits per heavy atom. The Bertz CT molecular complexity index is 218. The lowest BCUT2D eigenvalue weighted by Gasteiger charge is -2.25. The summed E-state index contributed by atoms with van der Waals surface area (Å²) < 4.78 is 0. The summed E-state index contributed by atoms with van der Waals surface area (Å²) in [6.07, 6.45) is 7.02. The molecule has 12 heavy (non-hydrogen) atoms. The number of nitrogens with two attached hydrogens (primary N) is 1. The molecule has 2 bridgehead atoms. The Balaban J connectivity index is 2.26. The first-order valence-electron chi connectivity index (χ1n) is 4.95. The van der Waals surface area contributed by atoms with Crippen LogP contribution in [0.4, 0.5) is 0 Å². The van der Waals surface area contributed by atoms with E-state index in [1.807, 2.05) is 0 Å². The van der Waals surface area contributed by atoms with Gasteiger partial charge < -0.3 is 5.73 Å². The van der Waals surface area contributed by atoms with Gasteiger partial charge in [0.2, 0.25) is 0 Å². The minimum atomic E-state index is -0.138. The van der Waals surface area contributed by atoms with E-state index >= 15 is 0 Å². The highest BCUT2D eigenvalue weighted by molar-refractivity contribution is 5.12. The second kappa shape index (κ2) is 2.74. The fourth-order valence-electron chi connectivity index (χ4n) is 2.89. The molecule has 2 heteroatoms. The largest absolute Gasteiger partial charge is 0.326 e. The number of fused-ring (bicyclic) bond motifs is 2. The van der Waals surface area contributed by atoms with Crippen molar-refractivity contribution < 1.29 is 0 Å².